The van der Waals surface area contributed by atoms with Crippen molar-refractivity contribution in [3.63, 3.8) is 0 Å². The number of hydrogen-bond donors (Lipinski definition) is 1. The molecule has 1 saturated heterocycles. The van der Waals surface area contributed by atoms with Gasteiger partial charge in [0.1, 0.15) is 18.0 Å². The Morgan fingerprint density at radius 1 is 1.24 bits per heavy atom. The maximum atomic E-state index is 4.66. The highest BCUT2D eigenvalue weighted by atomic mass is 15.2. The molecule has 0 saturated carbocycles. The molecule has 1 aliphatic heterocycles. The number of nitrogens with zero attached hydrogens (tertiary/aromatic N) is 3. The van der Waals surface area contributed by atoms with E-state index in [1.54, 1.807) is 6.33 Å². The van der Waals surface area contributed by atoms with Gasteiger partial charge in [-0.25, -0.2) is 9.97 Å². The smallest absolute Gasteiger partial charge is 0.137 e. The van der Waals surface area contributed by atoms with Crippen LogP contribution in [-0.4, -0.2) is 29.1 Å². The lowest BCUT2D eigenvalue weighted by Crippen LogP contribution is -2.46. The van der Waals surface area contributed by atoms with E-state index in [0.717, 1.165) is 43.5 Å². The van der Waals surface area contributed by atoms with Crippen LogP contribution < -0.4 is 10.2 Å². The highest BCUT2D eigenvalue weighted by Gasteiger charge is 2.31. The summed E-state index contributed by atoms with van der Waals surface area (Å²) in [5.41, 5.74) is 1.29. The molecular weight excluding hydrogens is 260 g/mol. The summed E-state index contributed by atoms with van der Waals surface area (Å²) in [7, 11) is 0. The molecule has 0 aromatic carbocycles. The highest BCUT2D eigenvalue weighted by Crippen LogP contribution is 2.34. The topological polar surface area (TPSA) is 41.1 Å². The Morgan fingerprint density at radius 3 is 2.67 bits per heavy atom. The SMILES string of the molecule is CCCc1c(NCC)ncnc1N1CC(C)CC(C)C1C. The predicted octanol–water partition coefficient (Wildman–Crippen LogP) is 3.73. The van der Waals surface area contributed by atoms with Crippen molar-refractivity contribution in [1.29, 1.82) is 0 Å². The Hall–Kier alpha value is -1.32. The van der Waals surface area contributed by atoms with Crippen molar-refractivity contribution in [2.24, 2.45) is 11.8 Å². The first-order valence-corrected chi connectivity index (χ1v) is 8.42. The minimum atomic E-state index is 0.543. The molecule has 4 heteroatoms. The lowest BCUT2D eigenvalue weighted by Gasteiger charge is -2.42. The van der Waals surface area contributed by atoms with Crippen LogP contribution in [0.2, 0.25) is 0 Å². The molecule has 2 heterocycles. The number of piperidine rings is 1. The molecule has 118 valence electrons. The fraction of sp³-hybridized carbons (Fsp3) is 0.765. The van der Waals surface area contributed by atoms with Gasteiger partial charge in [0.15, 0.2) is 0 Å². The molecule has 0 amide bonds. The number of rotatable bonds is 5. The van der Waals surface area contributed by atoms with Crippen molar-refractivity contribution in [3.8, 4) is 0 Å². The minimum absolute atomic E-state index is 0.543. The molecule has 2 rings (SSSR count). The Morgan fingerprint density at radius 2 is 2.00 bits per heavy atom. The molecule has 0 bridgehead atoms. The third-order valence-electron chi connectivity index (χ3n) is 4.64. The largest absolute Gasteiger partial charge is 0.370 e. The Bertz CT molecular complexity index is 460. The maximum Gasteiger partial charge on any atom is 0.137 e. The Kier molecular flexibility index (Phi) is 5.43. The third-order valence-corrected chi connectivity index (χ3v) is 4.64. The van der Waals surface area contributed by atoms with Gasteiger partial charge in [-0.2, -0.15) is 0 Å². The molecular formula is C17H30N4. The van der Waals surface area contributed by atoms with Crippen LogP contribution in [0.5, 0.6) is 0 Å². The summed E-state index contributed by atoms with van der Waals surface area (Å²) >= 11 is 0. The van der Waals surface area contributed by atoms with Crippen LogP contribution in [0.15, 0.2) is 6.33 Å². The van der Waals surface area contributed by atoms with E-state index >= 15 is 0 Å². The fourth-order valence-electron chi connectivity index (χ4n) is 3.45. The summed E-state index contributed by atoms with van der Waals surface area (Å²) in [6, 6.07) is 0.543. The average molecular weight is 290 g/mol. The van der Waals surface area contributed by atoms with Crippen LogP contribution in [-0.2, 0) is 6.42 Å². The lowest BCUT2D eigenvalue weighted by molar-refractivity contribution is 0.295. The van der Waals surface area contributed by atoms with Crippen molar-refractivity contribution < 1.29 is 0 Å². The summed E-state index contributed by atoms with van der Waals surface area (Å²) in [5.74, 6) is 3.60. The molecule has 3 atom stereocenters. The lowest BCUT2D eigenvalue weighted by atomic mass is 9.85. The zero-order chi connectivity index (χ0) is 15.4. The Balaban J connectivity index is 2.39. The minimum Gasteiger partial charge on any atom is -0.370 e. The predicted molar refractivity (Wildman–Crippen MR) is 89.9 cm³/mol. The average Bonchev–Trinajstić information content (AvgIpc) is 2.45. The van der Waals surface area contributed by atoms with Crippen LogP contribution in [0.1, 0.15) is 53.0 Å². The van der Waals surface area contributed by atoms with Crippen LogP contribution in [0.25, 0.3) is 0 Å². The van der Waals surface area contributed by atoms with E-state index in [1.807, 2.05) is 0 Å². The number of hydrogen-bond acceptors (Lipinski definition) is 4. The first kappa shape index (κ1) is 16.1. The van der Waals surface area contributed by atoms with Crippen LogP contribution in [0.3, 0.4) is 0 Å². The summed E-state index contributed by atoms with van der Waals surface area (Å²) in [5, 5.41) is 3.40. The van der Waals surface area contributed by atoms with Crippen LogP contribution >= 0.6 is 0 Å². The first-order chi connectivity index (χ1) is 10.1. The molecule has 1 aliphatic rings. The highest BCUT2D eigenvalue weighted by molar-refractivity contribution is 5.59. The van der Waals surface area contributed by atoms with E-state index in [1.165, 1.54) is 12.0 Å². The van der Waals surface area contributed by atoms with E-state index in [-0.39, 0.29) is 0 Å². The van der Waals surface area contributed by atoms with Gasteiger partial charge in [-0.15, -0.1) is 0 Å². The normalized spacial score (nSPS) is 26.0. The van der Waals surface area contributed by atoms with Crippen molar-refractivity contribution in [3.05, 3.63) is 11.9 Å². The summed E-state index contributed by atoms with van der Waals surface area (Å²) < 4.78 is 0. The Labute approximate surface area is 129 Å². The van der Waals surface area contributed by atoms with Crippen LogP contribution in [0.4, 0.5) is 11.6 Å². The summed E-state index contributed by atoms with van der Waals surface area (Å²) in [4.78, 5) is 11.6. The molecule has 1 aromatic heterocycles. The van der Waals surface area contributed by atoms with E-state index in [4.69, 9.17) is 0 Å². The second-order valence-corrected chi connectivity index (χ2v) is 6.52. The molecule has 1 fully saturated rings. The van der Waals surface area contributed by atoms with E-state index in [2.05, 4.69) is 54.8 Å². The molecule has 21 heavy (non-hydrogen) atoms. The van der Waals surface area contributed by atoms with E-state index in [9.17, 15) is 0 Å². The number of anilines is 2. The molecule has 4 nitrogen and oxygen atoms in total. The molecule has 0 radical (unpaired) electrons. The number of nitrogens with one attached hydrogen (secondary N) is 1. The molecule has 1 N–H and O–H groups in total. The van der Waals surface area contributed by atoms with Gasteiger partial charge in [-0.3, -0.25) is 0 Å². The monoisotopic (exact) mass is 290 g/mol. The zero-order valence-corrected chi connectivity index (χ0v) is 14.2. The van der Waals surface area contributed by atoms with Crippen molar-refractivity contribution in [1.82, 2.24) is 9.97 Å². The zero-order valence-electron chi connectivity index (χ0n) is 14.2. The van der Waals surface area contributed by atoms with Gasteiger partial charge in [0.05, 0.1) is 0 Å². The number of aromatic nitrogens is 2. The standard InChI is InChI=1S/C17H30N4/c1-6-8-15-16(18-7-2)19-11-20-17(15)21-10-12(3)9-13(4)14(21)5/h11-14H,6-10H2,1-5H3,(H,18,19,20). The van der Waals surface area contributed by atoms with E-state index < -0.39 is 0 Å². The van der Waals surface area contributed by atoms with Gasteiger partial charge >= 0.3 is 0 Å². The van der Waals surface area contributed by atoms with E-state index in [0.29, 0.717) is 12.0 Å². The molecule has 3 unspecified atom stereocenters. The second kappa shape index (κ2) is 7.10. The second-order valence-electron chi connectivity index (χ2n) is 6.52. The molecule has 0 spiro atoms. The van der Waals surface area contributed by atoms with Crippen LogP contribution in [0, 0.1) is 11.8 Å². The van der Waals surface area contributed by atoms with Crippen molar-refractivity contribution in [2.45, 2.75) is 59.9 Å². The van der Waals surface area contributed by atoms with Gasteiger partial charge in [0.25, 0.3) is 0 Å². The van der Waals surface area contributed by atoms with Gasteiger partial charge in [-0.05, 0) is 38.5 Å². The van der Waals surface area contributed by atoms with Gasteiger partial charge < -0.3 is 10.2 Å². The quantitative estimate of drug-likeness (QED) is 0.897. The maximum absolute atomic E-state index is 4.66. The third kappa shape index (κ3) is 3.47. The van der Waals surface area contributed by atoms with Crippen molar-refractivity contribution >= 4 is 11.6 Å². The van der Waals surface area contributed by atoms with Gasteiger partial charge in [0, 0.05) is 24.7 Å². The van der Waals surface area contributed by atoms with Gasteiger partial charge in [0.2, 0.25) is 0 Å². The molecule has 0 aliphatic carbocycles. The van der Waals surface area contributed by atoms with Gasteiger partial charge in [-0.1, -0.05) is 27.2 Å². The first-order valence-electron chi connectivity index (χ1n) is 8.42. The summed E-state index contributed by atoms with van der Waals surface area (Å²) in [6.45, 7) is 13.4. The summed E-state index contributed by atoms with van der Waals surface area (Å²) in [6.07, 6.45) is 5.17. The molecule has 1 aromatic rings. The fourth-order valence-corrected chi connectivity index (χ4v) is 3.45. The van der Waals surface area contributed by atoms with Crippen molar-refractivity contribution in [2.75, 3.05) is 23.3 Å².